The van der Waals surface area contributed by atoms with Gasteiger partial charge in [0.2, 0.25) is 10.0 Å². The van der Waals surface area contributed by atoms with Gasteiger partial charge in [0.05, 0.1) is 11.6 Å². The highest BCUT2D eigenvalue weighted by Gasteiger charge is 2.29. The van der Waals surface area contributed by atoms with E-state index in [-0.39, 0.29) is 27.6 Å². The molecule has 1 rings (SSSR count). The third kappa shape index (κ3) is 4.27. The molecule has 0 saturated heterocycles. The second-order valence-electron chi connectivity index (χ2n) is 4.57. The summed E-state index contributed by atoms with van der Waals surface area (Å²) in [7, 11) is -2.23. The van der Waals surface area contributed by atoms with Crippen molar-refractivity contribution in [3.05, 3.63) is 27.7 Å². The lowest BCUT2D eigenvalue weighted by molar-refractivity contribution is 0.281. The first-order chi connectivity index (χ1) is 9.79. The van der Waals surface area contributed by atoms with Gasteiger partial charge >= 0.3 is 0 Å². The molecule has 0 radical (unpaired) electrons. The van der Waals surface area contributed by atoms with Crippen LogP contribution in [-0.4, -0.2) is 42.9 Å². The van der Waals surface area contributed by atoms with Crippen LogP contribution in [-0.2, 0) is 16.6 Å². The molecule has 4 nitrogen and oxygen atoms in total. The summed E-state index contributed by atoms with van der Waals surface area (Å²) in [5.74, 6) is 0.692. The van der Waals surface area contributed by atoms with Crippen molar-refractivity contribution in [1.82, 2.24) is 4.31 Å². The number of hydrogen-bond donors (Lipinski definition) is 1. The Kier molecular flexibility index (Phi) is 7.30. The highest BCUT2D eigenvalue weighted by molar-refractivity contribution is 7.98. The summed E-state index contributed by atoms with van der Waals surface area (Å²) >= 11 is 13.6. The summed E-state index contributed by atoms with van der Waals surface area (Å²) in [6.07, 6.45) is 2.63. The Bertz CT molecular complexity index is 593. The molecule has 8 heteroatoms. The Hall–Kier alpha value is 0.0200. The maximum Gasteiger partial charge on any atom is 0.244 e. The van der Waals surface area contributed by atoms with Crippen LogP contribution in [0.15, 0.2) is 17.0 Å². The first kappa shape index (κ1) is 19.1. The van der Waals surface area contributed by atoms with Crippen LogP contribution < -0.4 is 0 Å². The number of hydrogen-bond acceptors (Lipinski definition) is 4. The highest BCUT2D eigenvalue weighted by Crippen LogP contribution is 2.32. The third-order valence-electron chi connectivity index (χ3n) is 3.25. The molecule has 21 heavy (non-hydrogen) atoms. The predicted octanol–water partition coefficient (Wildman–Crippen LogP) is 3.25. The van der Waals surface area contributed by atoms with E-state index < -0.39 is 10.0 Å². The van der Waals surface area contributed by atoms with Crippen LogP contribution in [0.5, 0.6) is 0 Å². The monoisotopic (exact) mass is 371 g/mol. The molecule has 0 aliphatic heterocycles. The molecule has 1 atom stereocenters. The van der Waals surface area contributed by atoms with E-state index in [0.29, 0.717) is 17.7 Å². The van der Waals surface area contributed by atoms with Crippen molar-refractivity contribution >= 4 is 45.0 Å². The fourth-order valence-corrected chi connectivity index (χ4v) is 5.21. The molecule has 1 N–H and O–H groups in total. The molecule has 0 aliphatic carbocycles. The number of aliphatic hydroxyl groups is 1. The molecule has 0 aromatic heterocycles. The largest absolute Gasteiger partial charge is 0.392 e. The van der Waals surface area contributed by atoms with Crippen molar-refractivity contribution in [2.24, 2.45) is 0 Å². The van der Waals surface area contributed by atoms with Gasteiger partial charge in [-0.2, -0.15) is 16.1 Å². The maximum atomic E-state index is 12.7. The van der Waals surface area contributed by atoms with Gasteiger partial charge in [-0.1, -0.05) is 30.1 Å². The smallest absolute Gasteiger partial charge is 0.244 e. The number of thioether (sulfide) groups is 1. The SMILES string of the molecule is CCC(CSC)N(C)S(=O)(=O)c1cc(Cl)cc(CO)c1Cl. The summed E-state index contributed by atoms with van der Waals surface area (Å²) in [5, 5.41) is 9.51. The van der Waals surface area contributed by atoms with E-state index in [4.69, 9.17) is 23.2 Å². The van der Waals surface area contributed by atoms with E-state index in [1.54, 1.807) is 11.8 Å². The molecule has 0 spiro atoms. The van der Waals surface area contributed by atoms with Crippen molar-refractivity contribution < 1.29 is 13.5 Å². The van der Waals surface area contributed by atoms with Gasteiger partial charge in [-0.3, -0.25) is 0 Å². The lowest BCUT2D eigenvalue weighted by Crippen LogP contribution is -2.38. The molecule has 120 valence electrons. The third-order valence-corrected chi connectivity index (χ3v) is 6.68. The molecular formula is C13H19Cl2NO3S2. The number of benzene rings is 1. The maximum absolute atomic E-state index is 12.7. The average molecular weight is 372 g/mol. The number of halogens is 2. The average Bonchev–Trinajstić information content (AvgIpc) is 2.45. The van der Waals surface area contributed by atoms with Gasteiger partial charge in [-0.15, -0.1) is 0 Å². The molecule has 0 bridgehead atoms. The van der Waals surface area contributed by atoms with Crippen molar-refractivity contribution in [3.8, 4) is 0 Å². The zero-order valence-electron chi connectivity index (χ0n) is 12.1. The summed E-state index contributed by atoms with van der Waals surface area (Å²) in [4.78, 5) is -0.0669. The zero-order valence-corrected chi connectivity index (χ0v) is 15.3. The van der Waals surface area contributed by atoms with Crippen LogP contribution in [0.25, 0.3) is 0 Å². The minimum Gasteiger partial charge on any atom is -0.392 e. The van der Waals surface area contributed by atoms with Crippen LogP contribution in [0, 0.1) is 0 Å². The van der Waals surface area contributed by atoms with E-state index in [9.17, 15) is 13.5 Å². The normalized spacial score (nSPS) is 13.7. The Morgan fingerprint density at radius 3 is 2.48 bits per heavy atom. The van der Waals surface area contributed by atoms with Crippen molar-refractivity contribution in [1.29, 1.82) is 0 Å². The first-order valence-corrected chi connectivity index (χ1v) is 9.94. The molecule has 0 aliphatic rings. The minimum absolute atomic E-state index is 0.0211. The molecule has 1 aromatic rings. The number of aliphatic hydroxyl groups excluding tert-OH is 1. The van der Waals surface area contributed by atoms with Gasteiger partial charge in [-0.05, 0) is 30.4 Å². The van der Waals surface area contributed by atoms with Crippen molar-refractivity contribution in [2.75, 3.05) is 19.1 Å². The Labute approximate surface area is 140 Å². The van der Waals surface area contributed by atoms with Crippen LogP contribution >= 0.6 is 35.0 Å². The lowest BCUT2D eigenvalue weighted by atomic mass is 10.2. The van der Waals surface area contributed by atoms with Gasteiger partial charge in [-0.25, -0.2) is 8.42 Å². The zero-order chi connectivity index (χ0) is 16.2. The van der Waals surface area contributed by atoms with Crippen molar-refractivity contribution in [2.45, 2.75) is 30.9 Å². The quantitative estimate of drug-likeness (QED) is 0.798. The van der Waals surface area contributed by atoms with E-state index in [1.165, 1.54) is 23.5 Å². The van der Waals surface area contributed by atoms with Crippen LogP contribution in [0.1, 0.15) is 18.9 Å². The summed E-state index contributed by atoms with van der Waals surface area (Å²) < 4.78 is 26.8. The molecule has 0 saturated carbocycles. The molecule has 0 fully saturated rings. The standard InChI is InChI=1S/C13H19Cl2NO3S2/c1-4-11(8-20-3)16(2)21(18,19)12-6-10(14)5-9(7-17)13(12)15/h5-6,11,17H,4,7-8H2,1-3H3. The van der Waals surface area contributed by atoms with Gasteiger partial charge < -0.3 is 5.11 Å². The topological polar surface area (TPSA) is 57.6 Å². The van der Waals surface area contributed by atoms with Crippen LogP contribution in [0.3, 0.4) is 0 Å². The molecule has 0 amide bonds. The summed E-state index contributed by atoms with van der Waals surface area (Å²) in [6.45, 7) is 1.57. The number of nitrogens with zero attached hydrogens (tertiary/aromatic N) is 1. The lowest BCUT2D eigenvalue weighted by Gasteiger charge is -2.26. The molecule has 0 heterocycles. The molecular weight excluding hydrogens is 353 g/mol. The summed E-state index contributed by atoms with van der Waals surface area (Å²) in [6, 6.07) is 2.65. The molecule has 1 unspecified atom stereocenters. The Morgan fingerprint density at radius 2 is 2.00 bits per heavy atom. The fourth-order valence-electron chi connectivity index (χ4n) is 1.94. The Morgan fingerprint density at radius 1 is 1.38 bits per heavy atom. The van der Waals surface area contributed by atoms with E-state index in [1.807, 2.05) is 13.2 Å². The van der Waals surface area contributed by atoms with E-state index >= 15 is 0 Å². The van der Waals surface area contributed by atoms with Gasteiger partial charge in [0, 0.05) is 23.9 Å². The minimum atomic E-state index is -3.77. The highest BCUT2D eigenvalue weighted by atomic mass is 35.5. The van der Waals surface area contributed by atoms with E-state index in [0.717, 1.165) is 0 Å². The predicted molar refractivity (Wildman–Crippen MR) is 89.8 cm³/mol. The second kappa shape index (κ2) is 8.04. The van der Waals surface area contributed by atoms with Gasteiger partial charge in [0.15, 0.2) is 0 Å². The number of rotatable bonds is 7. The second-order valence-corrected chi connectivity index (χ2v) is 8.26. The van der Waals surface area contributed by atoms with Crippen LogP contribution in [0.4, 0.5) is 0 Å². The van der Waals surface area contributed by atoms with Gasteiger partial charge in [0.25, 0.3) is 0 Å². The number of sulfonamides is 1. The van der Waals surface area contributed by atoms with E-state index in [2.05, 4.69) is 0 Å². The fraction of sp³-hybridized carbons (Fsp3) is 0.538. The Balaban J connectivity index is 3.33. The van der Waals surface area contributed by atoms with Gasteiger partial charge in [0.1, 0.15) is 4.90 Å². The summed E-state index contributed by atoms with van der Waals surface area (Å²) in [5.41, 5.74) is 0.300. The molecule has 1 aromatic carbocycles. The first-order valence-electron chi connectivity index (χ1n) is 6.35. The van der Waals surface area contributed by atoms with Crippen LogP contribution in [0.2, 0.25) is 10.0 Å². The van der Waals surface area contributed by atoms with Crippen molar-refractivity contribution in [3.63, 3.8) is 0 Å².